The minimum atomic E-state index is -0.815. The molecule has 0 saturated carbocycles. The second kappa shape index (κ2) is 2.87. The van der Waals surface area contributed by atoms with Crippen LogP contribution in [0.25, 0.3) is 11.0 Å². The summed E-state index contributed by atoms with van der Waals surface area (Å²) in [4.78, 5) is 21.3. The molecule has 2 heterocycles. The van der Waals surface area contributed by atoms with Gasteiger partial charge in [0.25, 0.3) is 5.43 Å². The molecule has 0 amide bonds. The lowest BCUT2D eigenvalue weighted by atomic mass is 10.3. The first-order valence-electron chi connectivity index (χ1n) is 4.08. The highest BCUT2D eigenvalue weighted by Gasteiger charge is 2.21. The highest BCUT2D eigenvalue weighted by Crippen LogP contribution is 2.11. The molecular weight excluding hydrogens is 202 g/mol. The third kappa shape index (κ3) is 1.18. The molecule has 0 fully saturated rings. The van der Waals surface area contributed by atoms with Crippen LogP contribution < -0.4 is 5.43 Å². The van der Waals surface area contributed by atoms with E-state index in [0.29, 0.717) is 11.3 Å². The largest absolute Gasteiger partial charge is 0.436 e. The Morgan fingerprint density at radius 1 is 1.53 bits per heavy atom. The van der Waals surface area contributed by atoms with E-state index in [0.717, 1.165) is 0 Å². The number of hydrogen-bond donors (Lipinski definition) is 1. The second-order valence-corrected chi connectivity index (χ2v) is 3.07. The second-order valence-electron chi connectivity index (χ2n) is 3.07. The van der Waals surface area contributed by atoms with Crippen LogP contribution in [0.1, 0.15) is 5.69 Å². The predicted molar refractivity (Wildman–Crippen MR) is 50.5 cm³/mol. The maximum Gasteiger partial charge on any atom is 0.436 e. The molecule has 0 aliphatic carbocycles. The van der Waals surface area contributed by atoms with Gasteiger partial charge in [-0.25, -0.2) is 4.68 Å². The zero-order chi connectivity index (χ0) is 11.2. The van der Waals surface area contributed by atoms with E-state index in [2.05, 4.69) is 15.3 Å². The number of fused-ring (bicyclic) bond motifs is 1. The molecule has 0 aliphatic heterocycles. The molecule has 2 aromatic heterocycles. The fraction of sp³-hybridized carbons (Fsp3) is 0.286. The van der Waals surface area contributed by atoms with Crippen LogP contribution in [-0.2, 0) is 7.05 Å². The fourth-order valence-electron chi connectivity index (χ4n) is 1.45. The van der Waals surface area contributed by atoms with Crippen molar-refractivity contribution in [1.29, 1.82) is 0 Å². The molecule has 0 aliphatic rings. The van der Waals surface area contributed by atoms with Crippen LogP contribution >= 0.6 is 0 Å². The van der Waals surface area contributed by atoms with Crippen molar-refractivity contribution in [2.24, 2.45) is 7.05 Å². The standard InChI is InChI=1S/C7H7N5O3/c1-3-4-5(13)7(12(14)15)9-8-6(4)11(2)10-3/h1-2H3,(H,8,13). The summed E-state index contributed by atoms with van der Waals surface area (Å²) in [7, 11) is 1.62. The lowest BCUT2D eigenvalue weighted by Gasteiger charge is -1.91. The van der Waals surface area contributed by atoms with Crippen LogP contribution in [0.3, 0.4) is 0 Å². The van der Waals surface area contributed by atoms with Crippen molar-refractivity contribution in [3.8, 4) is 0 Å². The van der Waals surface area contributed by atoms with Crippen LogP contribution in [0.4, 0.5) is 5.82 Å². The van der Waals surface area contributed by atoms with Crippen molar-refractivity contribution in [1.82, 2.24) is 20.0 Å². The Kier molecular flexibility index (Phi) is 1.78. The maximum absolute atomic E-state index is 11.6. The molecule has 0 atom stereocenters. The summed E-state index contributed by atoms with van der Waals surface area (Å²) in [6.07, 6.45) is 0. The number of aromatic amines is 1. The van der Waals surface area contributed by atoms with Gasteiger partial charge in [-0.1, -0.05) is 0 Å². The molecule has 15 heavy (non-hydrogen) atoms. The molecular formula is C7H7N5O3. The normalized spacial score (nSPS) is 10.8. The molecule has 0 unspecified atom stereocenters. The number of aryl methyl sites for hydroxylation is 2. The van der Waals surface area contributed by atoms with Crippen molar-refractivity contribution >= 4 is 16.9 Å². The van der Waals surface area contributed by atoms with Gasteiger partial charge in [-0.15, -0.1) is 0 Å². The molecule has 0 radical (unpaired) electrons. The van der Waals surface area contributed by atoms with Crippen molar-refractivity contribution < 1.29 is 4.92 Å². The topological polar surface area (TPSA) is 107 Å². The van der Waals surface area contributed by atoms with Crippen LogP contribution in [0.15, 0.2) is 4.79 Å². The molecule has 8 nitrogen and oxygen atoms in total. The fourth-order valence-corrected chi connectivity index (χ4v) is 1.45. The van der Waals surface area contributed by atoms with Gasteiger partial charge in [0.2, 0.25) is 0 Å². The van der Waals surface area contributed by atoms with Crippen LogP contribution in [-0.4, -0.2) is 24.9 Å². The first-order valence-corrected chi connectivity index (χ1v) is 4.08. The summed E-state index contributed by atoms with van der Waals surface area (Å²) < 4.78 is 1.42. The molecule has 0 spiro atoms. The van der Waals surface area contributed by atoms with E-state index in [4.69, 9.17) is 0 Å². The Hall–Kier alpha value is -2.25. The molecule has 0 saturated heterocycles. The van der Waals surface area contributed by atoms with Crippen LogP contribution in [0.2, 0.25) is 0 Å². The van der Waals surface area contributed by atoms with Crippen molar-refractivity contribution in [3.05, 3.63) is 26.0 Å². The highest BCUT2D eigenvalue weighted by molar-refractivity contribution is 5.78. The van der Waals surface area contributed by atoms with Gasteiger partial charge in [0.1, 0.15) is 0 Å². The van der Waals surface area contributed by atoms with E-state index in [-0.39, 0.29) is 5.39 Å². The predicted octanol–water partition coefficient (Wildman–Crippen LogP) is -0.127. The van der Waals surface area contributed by atoms with Crippen molar-refractivity contribution in [2.45, 2.75) is 6.92 Å². The molecule has 2 rings (SSSR count). The molecule has 2 aromatic rings. The molecule has 78 valence electrons. The average Bonchev–Trinajstić information content (AvgIpc) is 2.43. The van der Waals surface area contributed by atoms with E-state index in [1.807, 2.05) is 0 Å². The minimum absolute atomic E-state index is 0.208. The smallest absolute Gasteiger partial charge is 0.358 e. The third-order valence-electron chi connectivity index (χ3n) is 2.09. The zero-order valence-electron chi connectivity index (χ0n) is 8.01. The SMILES string of the molecule is Cc1nn(C)c2[nH]nc([N+](=O)[O-])c(=O)c12. The summed E-state index contributed by atoms with van der Waals surface area (Å²) in [5, 5.41) is 20.5. The lowest BCUT2D eigenvalue weighted by molar-refractivity contribution is -0.391. The van der Waals surface area contributed by atoms with E-state index < -0.39 is 16.2 Å². The van der Waals surface area contributed by atoms with Gasteiger partial charge in [0, 0.05) is 7.05 Å². The number of nitrogens with zero attached hydrogens (tertiary/aromatic N) is 4. The monoisotopic (exact) mass is 209 g/mol. The Morgan fingerprint density at radius 3 is 2.80 bits per heavy atom. The number of H-pyrrole nitrogens is 1. The number of hydrogen-bond acceptors (Lipinski definition) is 5. The van der Waals surface area contributed by atoms with E-state index >= 15 is 0 Å². The number of rotatable bonds is 1. The van der Waals surface area contributed by atoms with E-state index in [1.54, 1.807) is 14.0 Å². The van der Waals surface area contributed by atoms with Crippen molar-refractivity contribution in [2.75, 3.05) is 0 Å². The summed E-state index contributed by atoms with van der Waals surface area (Å²) in [5.41, 5.74) is 0.113. The first kappa shape index (κ1) is 9.31. The van der Waals surface area contributed by atoms with Crippen LogP contribution in [0.5, 0.6) is 0 Å². The number of nitro groups is 1. The first-order chi connectivity index (χ1) is 7.02. The van der Waals surface area contributed by atoms with E-state index in [9.17, 15) is 14.9 Å². The van der Waals surface area contributed by atoms with Gasteiger partial charge in [-0.2, -0.15) is 10.2 Å². The highest BCUT2D eigenvalue weighted by atomic mass is 16.6. The Morgan fingerprint density at radius 2 is 2.20 bits per heavy atom. The van der Waals surface area contributed by atoms with Gasteiger partial charge < -0.3 is 10.1 Å². The molecule has 0 aromatic carbocycles. The summed E-state index contributed by atoms with van der Waals surface area (Å²) in [6.45, 7) is 1.61. The van der Waals surface area contributed by atoms with Crippen LogP contribution in [0, 0.1) is 17.0 Å². The number of aromatic nitrogens is 4. The van der Waals surface area contributed by atoms with E-state index in [1.165, 1.54) is 4.68 Å². The third-order valence-corrected chi connectivity index (χ3v) is 2.09. The quantitative estimate of drug-likeness (QED) is 0.520. The summed E-state index contributed by atoms with van der Waals surface area (Å²) in [5.74, 6) is -0.710. The van der Waals surface area contributed by atoms with Crippen molar-refractivity contribution in [3.63, 3.8) is 0 Å². The summed E-state index contributed by atoms with van der Waals surface area (Å²) >= 11 is 0. The van der Waals surface area contributed by atoms with Gasteiger partial charge >= 0.3 is 5.82 Å². The molecule has 0 bridgehead atoms. The average molecular weight is 209 g/mol. The van der Waals surface area contributed by atoms with Gasteiger partial charge in [0.15, 0.2) is 5.65 Å². The van der Waals surface area contributed by atoms with Gasteiger partial charge in [0.05, 0.1) is 16.2 Å². The Labute approximate surface area is 82.7 Å². The number of nitrogens with one attached hydrogen (secondary N) is 1. The van der Waals surface area contributed by atoms with Gasteiger partial charge in [-0.3, -0.25) is 4.79 Å². The zero-order valence-corrected chi connectivity index (χ0v) is 8.01. The Balaban J connectivity index is 2.96. The lowest BCUT2D eigenvalue weighted by Crippen LogP contribution is -2.12. The minimum Gasteiger partial charge on any atom is -0.358 e. The maximum atomic E-state index is 11.6. The van der Waals surface area contributed by atoms with Gasteiger partial charge in [-0.05, 0) is 11.8 Å². The molecule has 1 N–H and O–H groups in total. The summed E-state index contributed by atoms with van der Waals surface area (Å²) in [6, 6.07) is 0. The molecule has 8 heteroatoms. The Bertz CT molecular complexity index is 611.